The van der Waals surface area contributed by atoms with Gasteiger partial charge in [0, 0.05) is 19.6 Å². The molecule has 0 aromatic carbocycles. The van der Waals surface area contributed by atoms with Crippen LogP contribution in [0.25, 0.3) is 0 Å². The van der Waals surface area contributed by atoms with Crippen LogP contribution in [0.5, 0.6) is 0 Å². The zero-order chi connectivity index (χ0) is 14.7. The Hall–Kier alpha value is -0.660. The summed E-state index contributed by atoms with van der Waals surface area (Å²) in [4.78, 5) is 11.3. The Balaban J connectivity index is 2.77. The summed E-state index contributed by atoms with van der Waals surface area (Å²) in [5.41, 5.74) is -0.904. The number of carbonyl (C=O) groups is 1. The molecule has 0 amide bonds. The van der Waals surface area contributed by atoms with Gasteiger partial charge in [0.05, 0.1) is 5.41 Å². The minimum atomic E-state index is -3.47. The number of hydrogen-bond donors (Lipinski definition) is 2. The van der Waals surface area contributed by atoms with Crippen LogP contribution < -0.4 is 4.72 Å². The minimum Gasteiger partial charge on any atom is -0.481 e. The third-order valence-electron chi connectivity index (χ3n) is 3.83. The van der Waals surface area contributed by atoms with E-state index in [0.29, 0.717) is 19.5 Å². The van der Waals surface area contributed by atoms with Gasteiger partial charge in [-0.05, 0) is 39.0 Å². The van der Waals surface area contributed by atoms with Gasteiger partial charge in [0.2, 0.25) is 0 Å². The predicted octanol–water partition coefficient (Wildman–Crippen LogP) is 1.05. The largest absolute Gasteiger partial charge is 0.481 e. The van der Waals surface area contributed by atoms with E-state index >= 15 is 0 Å². The van der Waals surface area contributed by atoms with Crippen molar-refractivity contribution in [2.24, 2.45) is 11.3 Å². The summed E-state index contributed by atoms with van der Waals surface area (Å²) in [7, 11) is -3.47. The summed E-state index contributed by atoms with van der Waals surface area (Å²) in [6.45, 7) is 6.37. The summed E-state index contributed by atoms with van der Waals surface area (Å²) < 4.78 is 28.0. The maximum absolute atomic E-state index is 12.1. The van der Waals surface area contributed by atoms with Crippen LogP contribution >= 0.6 is 0 Å². The fraction of sp³-hybridized carbons (Fsp3) is 0.917. The molecule has 1 rings (SSSR count). The van der Waals surface area contributed by atoms with Crippen LogP contribution in [-0.2, 0) is 15.0 Å². The molecule has 0 aliphatic carbocycles. The van der Waals surface area contributed by atoms with Crippen molar-refractivity contribution in [3.63, 3.8) is 0 Å². The number of piperidine rings is 1. The van der Waals surface area contributed by atoms with Crippen molar-refractivity contribution in [3.8, 4) is 0 Å². The van der Waals surface area contributed by atoms with Crippen molar-refractivity contribution in [1.29, 1.82) is 0 Å². The van der Waals surface area contributed by atoms with Gasteiger partial charge >= 0.3 is 5.97 Å². The van der Waals surface area contributed by atoms with Crippen molar-refractivity contribution < 1.29 is 18.3 Å². The molecule has 0 bridgehead atoms. The molecule has 1 fully saturated rings. The SMILES string of the molecule is CCCNS(=O)(=O)N1CCCC(C(C)(C)C(=O)O)C1. The Labute approximate surface area is 115 Å². The normalized spacial score (nSPS) is 22.4. The average molecular weight is 292 g/mol. The number of nitrogens with zero attached hydrogens (tertiary/aromatic N) is 1. The Morgan fingerprint density at radius 1 is 1.47 bits per heavy atom. The molecule has 1 saturated heterocycles. The van der Waals surface area contributed by atoms with E-state index in [1.54, 1.807) is 13.8 Å². The van der Waals surface area contributed by atoms with Crippen LogP contribution in [0.4, 0.5) is 0 Å². The number of carboxylic acid groups (broad SMARTS) is 1. The summed E-state index contributed by atoms with van der Waals surface area (Å²) in [5, 5.41) is 9.24. The van der Waals surface area contributed by atoms with Crippen LogP contribution in [0.15, 0.2) is 0 Å². The number of rotatable bonds is 6. The van der Waals surface area contributed by atoms with Gasteiger partial charge in [-0.25, -0.2) is 4.72 Å². The standard InChI is InChI=1S/C12H24N2O4S/c1-4-7-13-19(17,18)14-8-5-6-10(9-14)12(2,3)11(15)16/h10,13H,4-9H2,1-3H3,(H,15,16). The number of hydrogen-bond acceptors (Lipinski definition) is 3. The van der Waals surface area contributed by atoms with E-state index in [9.17, 15) is 18.3 Å². The lowest BCUT2D eigenvalue weighted by Gasteiger charge is -2.38. The fourth-order valence-corrected chi connectivity index (χ4v) is 3.64. The van der Waals surface area contributed by atoms with Gasteiger partial charge in [0.15, 0.2) is 0 Å². The predicted molar refractivity (Wildman–Crippen MR) is 72.9 cm³/mol. The lowest BCUT2D eigenvalue weighted by Crippen LogP contribution is -2.50. The number of nitrogens with one attached hydrogen (secondary N) is 1. The topological polar surface area (TPSA) is 86.7 Å². The minimum absolute atomic E-state index is 0.156. The lowest BCUT2D eigenvalue weighted by molar-refractivity contribution is -0.151. The first-order valence-electron chi connectivity index (χ1n) is 6.70. The van der Waals surface area contributed by atoms with Gasteiger partial charge in [-0.15, -0.1) is 0 Å². The first-order chi connectivity index (χ1) is 8.71. The average Bonchev–Trinajstić information content (AvgIpc) is 2.36. The molecule has 6 nitrogen and oxygen atoms in total. The molecule has 7 heteroatoms. The molecule has 0 aromatic rings. The van der Waals surface area contributed by atoms with Crippen molar-refractivity contribution in [2.45, 2.75) is 40.0 Å². The van der Waals surface area contributed by atoms with Gasteiger partial charge in [-0.2, -0.15) is 12.7 Å². The maximum atomic E-state index is 12.1. The monoisotopic (exact) mass is 292 g/mol. The molecular formula is C12H24N2O4S. The molecule has 1 aliphatic heterocycles. The van der Waals surface area contributed by atoms with Crippen LogP contribution in [0.1, 0.15) is 40.0 Å². The maximum Gasteiger partial charge on any atom is 0.309 e. The molecule has 0 radical (unpaired) electrons. The Kier molecular flexibility index (Phi) is 5.34. The first-order valence-corrected chi connectivity index (χ1v) is 8.14. The highest BCUT2D eigenvalue weighted by atomic mass is 32.2. The molecule has 112 valence electrons. The molecule has 1 heterocycles. The zero-order valence-electron chi connectivity index (χ0n) is 11.8. The highest BCUT2D eigenvalue weighted by Gasteiger charge is 2.41. The second-order valence-corrected chi connectivity index (χ2v) is 7.38. The molecule has 19 heavy (non-hydrogen) atoms. The quantitative estimate of drug-likeness (QED) is 0.766. The van der Waals surface area contributed by atoms with E-state index in [2.05, 4.69) is 4.72 Å². The third kappa shape index (κ3) is 3.90. The molecule has 0 saturated carbocycles. The van der Waals surface area contributed by atoms with Crippen molar-refractivity contribution >= 4 is 16.2 Å². The first kappa shape index (κ1) is 16.4. The van der Waals surface area contributed by atoms with Gasteiger partial charge in [-0.1, -0.05) is 6.92 Å². The van der Waals surface area contributed by atoms with E-state index in [4.69, 9.17) is 0 Å². The number of aliphatic carboxylic acids is 1. The molecule has 1 unspecified atom stereocenters. The fourth-order valence-electron chi connectivity index (χ4n) is 2.25. The smallest absolute Gasteiger partial charge is 0.309 e. The van der Waals surface area contributed by atoms with Crippen LogP contribution in [0.2, 0.25) is 0 Å². The van der Waals surface area contributed by atoms with Gasteiger partial charge in [0.1, 0.15) is 0 Å². The summed E-state index contributed by atoms with van der Waals surface area (Å²) in [6.07, 6.45) is 2.19. The van der Waals surface area contributed by atoms with Gasteiger partial charge in [0.25, 0.3) is 10.2 Å². The second kappa shape index (κ2) is 6.19. The Morgan fingerprint density at radius 2 is 2.11 bits per heavy atom. The Morgan fingerprint density at radius 3 is 2.63 bits per heavy atom. The highest BCUT2D eigenvalue weighted by molar-refractivity contribution is 7.87. The molecule has 0 spiro atoms. The number of carboxylic acids is 1. The second-order valence-electron chi connectivity index (χ2n) is 5.62. The van der Waals surface area contributed by atoms with Crippen molar-refractivity contribution in [3.05, 3.63) is 0 Å². The zero-order valence-corrected chi connectivity index (χ0v) is 12.7. The van der Waals surface area contributed by atoms with Crippen LogP contribution in [0.3, 0.4) is 0 Å². The van der Waals surface area contributed by atoms with Gasteiger partial charge < -0.3 is 5.11 Å². The molecule has 1 atom stereocenters. The van der Waals surface area contributed by atoms with E-state index in [0.717, 1.165) is 12.8 Å². The van der Waals surface area contributed by atoms with Crippen molar-refractivity contribution in [2.75, 3.05) is 19.6 Å². The molecule has 2 N–H and O–H groups in total. The third-order valence-corrected chi connectivity index (χ3v) is 5.41. The lowest BCUT2D eigenvalue weighted by atomic mass is 9.75. The summed E-state index contributed by atoms with van der Waals surface area (Å²) >= 11 is 0. The van der Waals surface area contributed by atoms with E-state index < -0.39 is 21.6 Å². The molecular weight excluding hydrogens is 268 g/mol. The van der Waals surface area contributed by atoms with E-state index in [-0.39, 0.29) is 12.5 Å². The summed E-state index contributed by atoms with van der Waals surface area (Å²) in [5.74, 6) is -1.03. The van der Waals surface area contributed by atoms with E-state index in [1.165, 1.54) is 4.31 Å². The van der Waals surface area contributed by atoms with Crippen LogP contribution in [-0.4, -0.2) is 43.4 Å². The van der Waals surface area contributed by atoms with Gasteiger partial charge in [-0.3, -0.25) is 4.79 Å². The molecule has 1 aliphatic rings. The molecule has 0 aromatic heterocycles. The van der Waals surface area contributed by atoms with Crippen molar-refractivity contribution in [1.82, 2.24) is 9.03 Å². The Bertz CT molecular complexity index is 419. The van der Waals surface area contributed by atoms with Crippen LogP contribution in [0, 0.1) is 11.3 Å². The summed E-state index contributed by atoms with van der Waals surface area (Å²) in [6, 6.07) is 0. The highest BCUT2D eigenvalue weighted by Crippen LogP contribution is 2.34. The van der Waals surface area contributed by atoms with E-state index in [1.807, 2.05) is 6.92 Å².